The highest BCUT2D eigenvalue weighted by atomic mass is 19.4. The second-order valence-corrected chi connectivity index (χ2v) is 6.60. The maximum atomic E-state index is 12.6. The molecular formula is C23H16F3NO. The molecule has 28 heavy (non-hydrogen) atoms. The Labute approximate surface area is 159 Å². The standard InChI is InChI=1S/C23H16F3NO/c1-15-19(16-9-11-18(12-10-16)22(28)23(24,25)26)6-4-8-20(15)27-14-13-17-5-2-3-7-21(17)27/h2-14H,1H3. The molecule has 0 fully saturated rings. The van der Waals surface area contributed by atoms with Crippen molar-refractivity contribution in [2.24, 2.45) is 0 Å². The zero-order valence-corrected chi connectivity index (χ0v) is 15.0. The van der Waals surface area contributed by atoms with Gasteiger partial charge in [0.2, 0.25) is 0 Å². The summed E-state index contributed by atoms with van der Waals surface area (Å²) >= 11 is 0. The number of nitrogens with zero attached hydrogens (tertiary/aromatic N) is 1. The summed E-state index contributed by atoms with van der Waals surface area (Å²) in [5.74, 6) is -1.83. The first-order valence-electron chi connectivity index (χ1n) is 8.74. The Balaban J connectivity index is 1.76. The first-order chi connectivity index (χ1) is 13.4. The molecule has 140 valence electrons. The van der Waals surface area contributed by atoms with Crippen LogP contribution in [0.5, 0.6) is 0 Å². The minimum absolute atomic E-state index is 0.360. The molecule has 0 saturated carbocycles. The third kappa shape index (κ3) is 3.09. The summed E-state index contributed by atoms with van der Waals surface area (Å²) in [6.45, 7) is 1.98. The van der Waals surface area contributed by atoms with Gasteiger partial charge in [0.15, 0.2) is 0 Å². The van der Waals surface area contributed by atoms with Crippen LogP contribution < -0.4 is 0 Å². The Bertz CT molecular complexity index is 1170. The molecule has 0 aliphatic carbocycles. The second-order valence-electron chi connectivity index (χ2n) is 6.60. The Kier molecular flexibility index (Phi) is 4.30. The number of hydrogen-bond acceptors (Lipinski definition) is 1. The predicted octanol–water partition coefficient (Wildman–Crippen LogP) is 6.35. The average Bonchev–Trinajstić information content (AvgIpc) is 3.11. The van der Waals surface area contributed by atoms with Gasteiger partial charge in [-0.1, -0.05) is 54.6 Å². The second kappa shape index (κ2) is 6.68. The van der Waals surface area contributed by atoms with E-state index in [-0.39, 0.29) is 5.56 Å². The van der Waals surface area contributed by atoms with Crippen molar-refractivity contribution in [2.45, 2.75) is 13.1 Å². The highest BCUT2D eigenvalue weighted by molar-refractivity contribution is 6.00. The first kappa shape index (κ1) is 18.0. The van der Waals surface area contributed by atoms with Crippen LogP contribution in [0.1, 0.15) is 15.9 Å². The van der Waals surface area contributed by atoms with Gasteiger partial charge in [0.1, 0.15) is 0 Å². The van der Waals surface area contributed by atoms with E-state index in [0.717, 1.165) is 33.3 Å². The molecule has 0 atom stereocenters. The molecule has 0 saturated heterocycles. The van der Waals surface area contributed by atoms with Crippen LogP contribution in [0, 0.1) is 6.92 Å². The minimum atomic E-state index is -4.87. The Morgan fingerprint density at radius 1 is 0.857 bits per heavy atom. The summed E-state index contributed by atoms with van der Waals surface area (Å²) in [6.07, 6.45) is -2.87. The van der Waals surface area contributed by atoms with Crippen LogP contribution in [0.25, 0.3) is 27.7 Å². The molecule has 2 nitrogen and oxygen atoms in total. The summed E-state index contributed by atoms with van der Waals surface area (Å²) in [5.41, 5.74) is 4.37. The van der Waals surface area contributed by atoms with E-state index in [0.29, 0.717) is 0 Å². The quantitative estimate of drug-likeness (QED) is 0.380. The van der Waals surface area contributed by atoms with Crippen LogP contribution >= 0.6 is 0 Å². The van der Waals surface area contributed by atoms with E-state index in [9.17, 15) is 18.0 Å². The Morgan fingerprint density at radius 2 is 1.57 bits per heavy atom. The fourth-order valence-electron chi connectivity index (χ4n) is 3.46. The third-order valence-corrected chi connectivity index (χ3v) is 4.88. The summed E-state index contributed by atoms with van der Waals surface area (Å²) in [5, 5.41) is 1.13. The van der Waals surface area contributed by atoms with E-state index < -0.39 is 12.0 Å². The molecule has 0 aliphatic heterocycles. The molecule has 4 aromatic rings. The van der Waals surface area contributed by atoms with Crippen molar-refractivity contribution in [1.82, 2.24) is 4.57 Å². The van der Waals surface area contributed by atoms with Gasteiger partial charge < -0.3 is 4.57 Å². The summed E-state index contributed by atoms with van der Waals surface area (Å²) in [7, 11) is 0. The van der Waals surface area contributed by atoms with Crippen molar-refractivity contribution in [2.75, 3.05) is 0 Å². The number of rotatable bonds is 3. The Hall–Kier alpha value is -3.34. The van der Waals surface area contributed by atoms with Crippen LogP contribution in [0.2, 0.25) is 0 Å². The fraction of sp³-hybridized carbons (Fsp3) is 0.0870. The molecule has 5 heteroatoms. The number of fused-ring (bicyclic) bond motifs is 1. The van der Waals surface area contributed by atoms with Crippen LogP contribution in [-0.2, 0) is 0 Å². The van der Waals surface area contributed by atoms with Crippen molar-refractivity contribution in [1.29, 1.82) is 0 Å². The number of hydrogen-bond donors (Lipinski definition) is 0. The molecule has 0 aliphatic rings. The Morgan fingerprint density at radius 3 is 2.29 bits per heavy atom. The number of carbonyl (C=O) groups is 1. The van der Waals surface area contributed by atoms with Gasteiger partial charge in [0.05, 0.1) is 5.52 Å². The van der Waals surface area contributed by atoms with Gasteiger partial charge in [0.25, 0.3) is 5.78 Å². The maximum Gasteiger partial charge on any atom is 0.454 e. The third-order valence-electron chi connectivity index (χ3n) is 4.88. The van der Waals surface area contributed by atoms with E-state index in [4.69, 9.17) is 0 Å². The lowest BCUT2D eigenvalue weighted by Gasteiger charge is -2.14. The van der Waals surface area contributed by atoms with E-state index in [2.05, 4.69) is 4.57 Å². The summed E-state index contributed by atoms with van der Waals surface area (Å²) < 4.78 is 39.9. The monoisotopic (exact) mass is 379 g/mol. The zero-order valence-electron chi connectivity index (χ0n) is 15.0. The van der Waals surface area contributed by atoms with Gasteiger partial charge in [-0.2, -0.15) is 13.2 Å². The number of alkyl halides is 3. The van der Waals surface area contributed by atoms with E-state index in [1.807, 2.05) is 61.7 Å². The lowest BCUT2D eigenvalue weighted by Crippen LogP contribution is -2.22. The van der Waals surface area contributed by atoms with Crippen LogP contribution in [0.3, 0.4) is 0 Å². The highest BCUT2D eigenvalue weighted by Crippen LogP contribution is 2.31. The molecule has 3 aromatic carbocycles. The minimum Gasteiger partial charge on any atom is -0.316 e. The predicted molar refractivity (Wildman–Crippen MR) is 104 cm³/mol. The molecule has 1 aromatic heterocycles. The fourth-order valence-corrected chi connectivity index (χ4v) is 3.46. The van der Waals surface area contributed by atoms with Gasteiger partial charge in [-0.15, -0.1) is 0 Å². The van der Waals surface area contributed by atoms with E-state index in [1.165, 1.54) is 12.1 Å². The SMILES string of the molecule is Cc1c(-c2ccc(C(=O)C(F)(F)F)cc2)cccc1-n1ccc2ccccc21. The number of ketones is 1. The molecule has 0 amide bonds. The molecule has 4 rings (SSSR count). The van der Waals surface area contributed by atoms with Crippen LogP contribution in [-0.4, -0.2) is 16.5 Å². The number of Topliss-reactive ketones (excluding diaryl/α,β-unsaturated/α-hetero) is 1. The van der Waals surface area contributed by atoms with Crippen LogP contribution in [0.15, 0.2) is 79.0 Å². The van der Waals surface area contributed by atoms with Gasteiger partial charge >= 0.3 is 6.18 Å². The average molecular weight is 379 g/mol. The van der Waals surface area contributed by atoms with Crippen molar-refractivity contribution in [3.05, 3.63) is 90.1 Å². The number of benzene rings is 3. The number of carbonyl (C=O) groups excluding carboxylic acids is 1. The van der Waals surface area contributed by atoms with Crippen molar-refractivity contribution in [3.8, 4) is 16.8 Å². The van der Waals surface area contributed by atoms with Crippen molar-refractivity contribution < 1.29 is 18.0 Å². The molecular weight excluding hydrogens is 363 g/mol. The normalized spacial score (nSPS) is 11.7. The molecule has 1 heterocycles. The largest absolute Gasteiger partial charge is 0.454 e. The lowest BCUT2D eigenvalue weighted by molar-refractivity contribution is -0.0885. The summed E-state index contributed by atoms with van der Waals surface area (Å²) in [6, 6.07) is 21.5. The zero-order chi connectivity index (χ0) is 19.9. The van der Waals surface area contributed by atoms with Crippen LogP contribution in [0.4, 0.5) is 13.2 Å². The van der Waals surface area contributed by atoms with Gasteiger partial charge in [0, 0.05) is 17.4 Å². The highest BCUT2D eigenvalue weighted by Gasteiger charge is 2.39. The molecule has 0 bridgehead atoms. The van der Waals surface area contributed by atoms with Gasteiger partial charge in [-0.05, 0) is 47.2 Å². The number of halogens is 3. The maximum absolute atomic E-state index is 12.6. The van der Waals surface area contributed by atoms with Crippen molar-refractivity contribution >= 4 is 16.7 Å². The number of para-hydroxylation sites is 1. The topological polar surface area (TPSA) is 22.0 Å². The molecule has 0 spiro atoms. The first-order valence-corrected chi connectivity index (χ1v) is 8.74. The smallest absolute Gasteiger partial charge is 0.316 e. The van der Waals surface area contributed by atoms with E-state index in [1.54, 1.807) is 12.1 Å². The van der Waals surface area contributed by atoms with Gasteiger partial charge in [-0.25, -0.2) is 0 Å². The van der Waals surface area contributed by atoms with Crippen molar-refractivity contribution in [3.63, 3.8) is 0 Å². The van der Waals surface area contributed by atoms with E-state index >= 15 is 0 Å². The van der Waals surface area contributed by atoms with Gasteiger partial charge in [-0.3, -0.25) is 4.79 Å². The summed E-state index contributed by atoms with van der Waals surface area (Å²) in [4.78, 5) is 11.4. The molecule has 0 radical (unpaired) electrons. The molecule has 0 unspecified atom stereocenters. The number of aromatic nitrogens is 1. The molecule has 0 N–H and O–H groups in total. The lowest BCUT2D eigenvalue weighted by atomic mass is 9.97.